The summed E-state index contributed by atoms with van der Waals surface area (Å²) in [6.07, 6.45) is 2.13. The lowest BCUT2D eigenvalue weighted by molar-refractivity contribution is -0.148. The van der Waals surface area contributed by atoms with Crippen LogP contribution in [-0.2, 0) is 9.59 Å². The van der Waals surface area contributed by atoms with Crippen molar-refractivity contribution >= 4 is 23.6 Å². The minimum absolute atomic E-state index is 0.0929. The Hall–Kier alpha value is -1.27. The maximum atomic E-state index is 11.5. The third kappa shape index (κ3) is 1.45. The molecule has 2 heterocycles. The van der Waals surface area contributed by atoms with Gasteiger partial charge in [0.1, 0.15) is 17.1 Å². The fraction of sp³-hybridized carbons (Fsp3) is 0.400. The van der Waals surface area contributed by atoms with Crippen molar-refractivity contribution in [3.63, 3.8) is 0 Å². The molecule has 0 aromatic carbocycles. The van der Waals surface area contributed by atoms with Crippen LogP contribution >= 0.6 is 11.8 Å². The summed E-state index contributed by atoms with van der Waals surface area (Å²) in [5.74, 6) is -0.783. The van der Waals surface area contributed by atoms with Gasteiger partial charge in [-0.15, -0.1) is 18.3 Å². The van der Waals surface area contributed by atoms with Gasteiger partial charge in [-0.2, -0.15) is 0 Å². The van der Waals surface area contributed by atoms with Crippen LogP contribution in [-0.4, -0.2) is 39.1 Å². The molecule has 5 nitrogen and oxygen atoms in total. The summed E-state index contributed by atoms with van der Waals surface area (Å²) in [6.45, 7) is 3.58. The van der Waals surface area contributed by atoms with Gasteiger partial charge in [0.25, 0.3) is 0 Å². The lowest BCUT2D eigenvalue weighted by Crippen LogP contribution is -2.68. The van der Waals surface area contributed by atoms with Crippen molar-refractivity contribution in [3.8, 4) is 0 Å². The van der Waals surface area contributed by atoms with Crippen molar-refractivity contribution in [1.29, 1.82) is 0 Å². The maximum Gasteiger partial charge on any atom is 0.352 e. The number of carboxylic acids is 1. The second-order valence-corrected chi connectivity index (χ2v) is 4.79. The SMILES string of the molecule is C=CCC1=C(C(=O)O)N2C(=O)C(N)[C@H]2SC1. The molecular weight excluding hydrogens is 228 g/mol. The van der Waals surface area contributed by atoms with Gasteiger partial charge in [0.05, 0.1) is 0 Å². The van der Waals surface area contributed by atoms with Crippen LogP contribution in [0.4, 0.5) is 0 Å². The van der Waals surface area contributed by atoms with Gasteiger partial charge in [-0.25, -0.2) is 4.79 Å². The Morgan fingerprint density at radius 2 is 2.44 bits per heavy atom. The predicted molar refractivity (Wildman–Crippen MR) is 60.5 cm³/mol. The molecule has 0 spiro atoms. The van der Waals surface area contributed by atoms with Crippen molar-refractivity contribution in [2.75, 3.05) is 5.75 Å². The van der Waals surface area contributed by atoms with E-state index in [1.807, 2.05) is 0 Å². The van der Waals surface area contributed by atoms with E-state index in [4.69, 9.17) is 10.8 Å². The molecule has 0 radical (unpaired) electrons. The number of fused-ring (bicyclic) bond motifs is 1. The van der Waals surface area contributed by atoms with Crippen LogP contribution in [0.15, 0.2) is 23.9 Å². The van der Waals surface area contributed by atoms with Gasteiger partial charge in [-0.1, -0.05) is 6.08 Å². The summed E-state index contributed by atoms with van der Waals surface area (Å²) in [4.78, 5) is 24.0. The highest BCUT2D eigenvalue weighted by atomic mass is 32.2. The molecule has 0 saturated carbocycles. The number of nitrogens with zero attached hydrogens (tertiary/aromatic N) is 1. The summed E-state index contributed by atoms with van der Waals surface area (Å²) in [5.41, 5.74) is 6.43. The number of carboxylic acid groups (broad SMARTS) is 1. The highest BCUT2D eigenvalue weighted by Crippen LogP contribution is 2.40. The molecule has 6 heteroatoms. The van der Waals surface area contributed by atoms with Gasteiger partial charge in [0.2, 0.25) is 5.91 Å². The van der Waals surface area contributed by atoms with Crippen molar-refractivity contribution in [2.45, 2.75) is 17.8 Å². The van der Waals surface area contributed by atoms with Gasteiger partial charge >= 0.3 is 5.97 Å². The smallest absolute Gasteiger partial charge is 0.352 e. The van der Waals surface area contributed by atoms with Gasteiger partial charge in [-0.05, 0) is 12.0 Å². The number of aliphatic carboxylic acids is 1. The van der Waals surface area contributed by atoms with Crippen molar-refractivity contribution < 1.29 is 14.7 Å². The Kier molecular flexibility index (Phi) is 2.77. The van der Waals surface area contributed by atoms with Gasteiger partial charge in [0, 0.05) is 5.75 Å². The number of allylic oxidation sites excluding steroid dienone is 1. The fourth-order valence-corrected chi connectivity index (χ4v) is 3.22. The van der Waals surface area contributed by atoms with E-state index in [1.165, 1.54) is 16.7 Å². The zero-order valence-corrected chi connectivity index (χ0v) is 9.37. The zero-order chi connectivity index (χ0) is 11.9. The van der Waals surface area contributed by atoms with Crippen LogP contribution in [0.25, 0.3) is 0 Å². The molecule has 1 fully saturated rings. The summed E-state index contributed by atoms with van der Waals surface area (Å²) in [7, 11) is 0. The summed E-state index contributed by atoms with van der Waals surface area (Å²) >= 11 is 1.51. The van der Waals surface area contributed by atoms with Gasteiger partial charge in [-0.3, -0.25) is 9.69 Å². The largest absolute Gasteiger partial charge is 0.477 e. The summed E-state index contributed by atoms with van der Waals surface area (Å²) in [6, 6.07) is -0.565. The van der Waals surface area contributed by atoms with Crippen LogP contribution < -0.4 is 5.73 Å². The van der Waals surface area contributed by atoms with E-state index in [1.54, 1.807) is 6.08 Å². The molecule has 2 rings (SSSR count). The Balaban J connectivity index is 2.37. The monoisotopic (exact) mass is 240 g/mol. The molecule has 16 heavy (non-hydrogen) atoms. The quantitative estimate of drug-likeness (QED) is 0.541. The molecule has 0 aliphatic carbocycles. The van der Waals surface area contributed by atoms with Crippen LogP contribution in [0.3, 0.4) is 0 Å². The minimum Gasteiger partial charge on any atom is -0.477 e. The Bertz CT molecular complexity index is 405. The normalized spacial score (nSPS) is 28.6. The molecule has 1 saturated heterocycles. The molecule has 2 aliphatic heterocycles. The van der Waals surface area contributed by atoms with Crippen LogP contribution in [0.5, 0.6) is 0 Å². The van der Waals surface area contributed by atoms with E-state index in [-0.39, 0.29) is 17.0 Å². The fourth-order valence-electron chi connectivity index (χ4n) is 1.91. The maximum absolute atomic E-state index is 11.5. The lowest BCUT2D eigenvalue weighted by atomic mass is 10.0. The number of nitrogens with two attached hydrogens (primary N) is 1. The number of hydrogen-bond donors (Lipinski definition) is 2. The van der Waals surface area contributed by atoms with Crippen molar-refractivity contribution in [1.82, 2.24) is 4.90 Å². The van der Waals surface area contributed by atoms with E-state index < -0.39 is 12.0 Å². The number of β-lactam (4-membered cyclic amide) rings is 1. The van der Waals surface area contributed by atoms with Crippen molar-refractivity contribution in [2.24, 2.45) is 5.73 Å². The number of rotatable bonds is 3. The van der Waals surface area contributed by atoms with E-state index >= 15 is 0 Å². The number of hydrogen-bond acceptors (Lipinski definition) is 4. The second kappa shape index (κ2) is 3.95. The standard InChI is InChI=1S/C10H12N2O3S/c1-2-3-5-4-16-9-6(11)8(13)12(9)7(5)10(14)15/h2,6,9H,1,3-4,11H2,(H,14,15)/t6?,9-/m1/s1. The first kappa shape index (κ1) is 11.2. The first-order valence-corrected chi connectivity index (χ1v) is 5.89. The first-order chi connectivity index (χ1) is 7.57. The molecule has 2 aliphatic rings. The lowest BCUT2D eigenvalue weighted by Gasteiger charge is -2.48. The molecule has 0 bridgehead atoms. The average Bonchev–Trinajstić information content (AvgIpc) is 2.27. The van der Waals surface area contributed by atoms with E-state index in [2.05, 4.69) is 6.58 Å². The van der Waals surface area contributed by atoms with Gasteiger partial charge < -0.3 is 10.8 Å². The van der Waals surface area contributed by atoms with E-state index in [0.717, 1.165) is 5.57 Å². The topological polar surface area (TPSA) is 83.6 Å². The number of amides is 1. The molecule has 1 amide bonds. The second-order valence-electron chi connectivity index (χ2n) is 3.69. The number of carbonyl (C=O) groups excluding carboxylic acids is 1. The molecule has 2 atom stereocenters. The number of thioether (sulfide) groups is 1. The molecule has 0 aromatic heterocycles. The van der Waals surface area contributed by atoms with Crippen molar-refractivity contribution in [3.05, 3.63) is 23.9 Å². The summed E-state index contributed by atoms with van der Waals surface area (Å²) in [5, 5.41) is 8.91. The first-order valence-electron chi connectivity index (χ1n) is 4.84. The summed E-state index contributed by atoms with van der Waals surface area (Å²) < 4.78 is 0. The minimum atomic E-state index is -1.07. The molecule has 0 aromatic rings. The Labute approximate surface area is 97.0 Å². The average molecular weight is 240 g/mol. The van der Waals surface area contributed by atoms with E-state index in [9.17, 15) is 9.59 Å². The molecular formula is C10H12N2O3S. The van der Waals surface area contributed by atoms with Crippen LogP contribution in [0.1, 0.15) is 6.42 Å². The Morgan fingerprint density at radius 1 is 1.75 bits per heavy atom. The molecule has 1 unspecified atom stereocenters. The van der Waals surface area contributed by atoms with E-state index in [0.29, 0.717) is 12.2 Å². The number of carbonyl (C=O) groups is 2. The third-order valence-electron chi connectivity index (χ3n) is 2.68. The van der Waals surface area contributed by atoms with Crippen LogP contribution in [0, 0.1) is 0 Å². The van der Waals surface area contributed by atoms with Crippen LogP contribution in [0.2, 0.25) is 0 Å². The molecule has 86 valence electrons. The predicted octanol–water partition coefficient (Wildman–Crippen LogP) is 0.144. The highest BCUT2D eigenvalue weighted by molar-refractivity contribution is 8.00. The zero-order valence-electron chi connectivity index (χ0n) is 8.55. The highest BCUT2D eigenvalue weighted by Gasteiger charge is 2.51. The third-order valence-corrected chi connectivity index (χ3v) is 4.04. The molecule has 3 N–H and O–H groups in total. The Morgan fingerprint density at radius 3 is 3.00 bits per heavy atom. The van der Waals surface area contributed by atoms with Gasteiger partial charge in [0.15, 0.2) is 0 Å².